The molecule has 102 valence electrons. The summed E-state index contributed by atoms with van der Waals surface area (Å²) in [6, 6.07) is 0.629. The molecule has 1 saturated heterocycles. The van der Waals surface area contributed by atoms with Crippen molar-refractivity contribution in [2.24, 2.45) is 5.92 Å². The van der Waals surface area contributed by atoms with E-state index in [0.29, 0.717) is 12.0 Å². The van der Waals surface area contributed by atoms with E-state index in [0.717, 1.165) is 19.6 Å². The van der Waals surface area contributed by atoms with Gasteiger partial charge in [-0.15, -0.1) is 0 Å². The summed E-state index contributed by atoms with van der Waals surface area (Å²) >= 11 is 0. The lowest BCUT2D eigenvalue weighted by Gasteiger charge is -2.43. The van der Waals surface area contributed by atoms with Crippen molar-refractivity contribution in [3.63, 3.8) is 0 Å². The largest absolute Gasteiger partial charge is 0.377 e. The van der Waals surface area contributed by atoms with E-state index in [1.807, 2.05) is 7.11 Å². The zero-order chi connectivity index (χ0) is 12.9. The SMILES string of the molecule is CCNCC(C)C(C)N1CCCC(C)(OC)C1. The lowest BCUT2D eigenvalue weighted by Crippen LogP contribution is -2.52. The molecule has 0 aromatic heterocycles. The lowest BCUT2D eigenvalue weighted by atomic mass is 9.91. The summed E-state index contributed by atoms with van der Waals surface area (Å²) in [5.41, 5.74) is 0.0599. The molecule has 0 aromatic carbocycles. The minimum absolute atomic E-state index is 0.0599. The van der Waals surface area contributed by atoms with Gasteiger partial charge in [0.05, 0.1) is 5.60 Å². The Morgan fingerprint density at radius 2 is 2.12 bits per heavy atom. The van der Waals surface area contributed by atoms with Crippen molar-refractivity contribution in [3.8, 4) is 0 Å². The second kappa shape index (κ2) is 6.72. The Kier molecular flexibility index (Phi) is 5.90. The van der Waals surface area contributed by atoms with Crippen LogP contribution in [-0.2, 0) is 4.74 Å². The van der Waals surface area contributed by atoms with E-state index >= 15 is 0 Å². The van der Waals surface area contributed by atoms with Gasteiger partial charge in [-0.25, -0.2) is 0 Å². The van der Waals surface area contributed by atoms with Gasteiger partial charge in [0, 0.05) is 19.7 Å². The van der Waals surface area contributed by atoms with Gasteiger partial charge in [0.2, 0.25) is 0 Å². The molecule has 0 spiro atoms. The minimum Gasteiger partial charge on any atom is -0.377 e. The predicted molar refractivity (Wildman–Crippen MR) is 73.4 cm³/mol. The number of nitrogens with zero attached hydrogens (tertiary/aromatic N) is 1. The Bertz CT molecular complexity index is 222. The summed E-state index contributed by atoms with van der Waals surface area (Å²) < 4.78 is 5.66. The van der Waals surface area contributed by atoms with Crippen molar-refractivity contribution in [2.75, 3.05) is 33.3 Å². The van der Waals surface area contributed by atoms with Crippen molar-refractivity contribution in [2.45, 2.75) is 52.2 Å². The lowest BCUT2D eigenvalue weighted by molar-refractivity contribution is -0.0643. The van der Waals surface area contributed by atoms with Gasteiger partial charge in [-0.3, -0.25) is 4.90 Å². The summed E-state index contributed by atoms with van der Waals surface area (Å²) in [5, 5.41) is 3.44. The number of hydrogen-bond donors (Lipinski definition) is 1. The standard InChI is InChI=1S/C14H30N2O/c1-6-15-10-12(2)13(3)16-9-7-8-14(4,11-16)17-5/h12-13,15H,6-11H2,1-5H3. The fourth-order valence-corrected chi connectivity index (χ4v) is 2.66. The Balaban J connectivity index is 2.48. The van der Waals surface area contributed by atoms with E-state index in [1.54, 1.807) is 0 Å². The fraction of sp³-hybridized carbons (Fsp3) is 1.00. The van der Waals surface area contributed by atoms with Gasteiger partial charge < -0.3 is 10.1 Å². The molecule has 0 amide bonds. The quantitative estimate of drug-likeness (QED) is 0.772. The number of likely N-dealkylation sites (tertiary alicyclic amines) is 1. The number of methoxy groups -OCH3 is 1. The van der Waals surface area contributed by atoms with Crippen LogP contribution in [0.2, 0.25) is 0 Å². The maximum absolute atomic E-state index is 5.66. The molecular weight excluding hydrogens is 212 g/mol. The zero-order valence-corrected chi connectivity index (χ0v) is 12.3. The highest BCUT2D eigenvalue weighted by atomic mass is 16.5. The summed E-state index contributed by atoms with van der Waals surface area (Å²) in [6.45, 7) is 13.6. The number of hydrogen-bond acceptors (Lipinski definition) is 3. The van der Waals surface area contributed by atoms with E-state index in [-0.39, 0.29) is 5.60 Å². The van der Waals surface area contributed by atoms with Gasteiger partial charge in [0.25, 0.3) is 0 Å². The Hall–Kier alpha value is -0.120. The predicted octanol–water partition coefficient (Wildman–Crippen LogP) is 2.12. The fourth-order valence-electron chi connectivity index (χ4n) is 2.66. The summed E-state index contributed by atoms with van der Waals surface area (Å²) in [7, 11) is 1.84. The van der Waals surface area contributed by atoms with E-state index in [9.17, 15) is 0 Å². The second-order valence-corrected chi connectivity index (χ2v) is 5.75. The maximum Gasteiger partial charge on any atom is 0.0777 e. The van der Waals surface area contributed by atoms with Crippen LogP contribution in [0.15, 0.2) is 0 Å². The summed E-state index contributed by atoms with van der Waals surface area (Å²) in [5.74, 6) is 0.689. The number of rotatable bonds is 6. The third-order valence-corrected chi connectivity index (χ3v) is 4.30. The van der Waals surface area contributed by atoms with Gasteiger partial charge in [-0.1, -0.05) is 13.8 Å². The molecule has 3 atom stereocenters. The van der Waals surface area contributed by atoms with Crippen LogP contribution in [-0.4, -0.2) is 49.8 Å². The average molecular weight is 242 g/mol. The van der Waals surface area contributed by atoms with Gasteiger partial charge >= 0.3 is 0 Å². The molecule has 0 radical (unpaired) electrons. The van der Waals surface area contributed by atoms with Gasteiger partial charge in [0.1, 0.15) is 0 Å². The monoisotopic (exact) mass is 242 g/mol. The van der Waals surface area contributed by atoms with E-state index in [2.05, 4.69) is 37.9 Å². The van der Waals surface area contributed by atoms with Crippen LogP contribution in [0.5, 0.6) is 0 Å². The van der Waals surface area contributed by atoms with Crippen LogP contribution >= 0.6 is 0 Å². The molecule has 1 N–H and O–H groups in total. The van der Waals surface area contributed by atoms with E-state index in [1.165, 1.54) is 19.4 Å². The molecule has 17 heavy (non-hydrogen) atoms. The van der Waals surface area contributed by atoms with Crippen molar-refractivity contribution < 1.29 is 4.74 Å². The van der Waals surface area contributed by atoms with Crippen LogP contribution < -0.4 is 5.32 Å². The van der Waals surface area contributed by atoms with E-state index < -0.39 is 0 Å². The van der Waals surface area contributed by atoms with Crippen molar-refractivity contribution in [3.05, 3.63) is 0 Å². The first-order valence-electron chi connectivity index (χ1n) is 7.02. The van der Waals surface area contributed by atoms with Crippen LogP contribution in [0.1, 0.15) is 40.5 Å². The molecule has 0 aromatic rings. The smallest absolute Gasteiger partial charge is 0.0777 e. The second-order valence-electron chi connectivity index (χ2n) is 5.75. The van der Waals surface area contributed by atoms with Gasteiger partial charge in [-0.2, -0.15) is 0 Å². The highest BCUT2D eigenvalue weighted by Gasteiger charge is 2.33. The third kappa shape index (κ3) is 4.23. The van der Waals surface area contributed by atoms with Crippen molar-refractivity contribution in [1.82, 2.24) is 10.2 Å². The molecule has 0 aliphatic carbocycles. The zero-order valence-electron chi connectivity index (χ0n) is 12.3. The van der Waals surface area contributed by atoms with Gasteiger partial charge in [-0.05, 0) is 52.2 Å². The maximum atomic E-state index is 5.66. The number of ether oxygens (including phenoxy) is 1. The molecule has 1 rings (SSSR count). The molecule has 0 saturated carbocycles. The Labute approximate surface area is 107 Å². The number of piperidine rings is 1. The normalized spacial score (nSPS) is 30.2. The molecule has 3 unspecified atom stereocenters. The molecule has 3 heteroatoms. The number of nitrogens with one attached hydrogen (secondary N) is 1. The third-order valence-electron chi connectivity index (χ3n) is 4.30. The topological polar surface area (TPSA) is 24.5 Å². The first-order valence-corrected chi connectivity index (χ1v) is 7.02. The van der Waals surface area contributed by atoms with Crippen molar-refractivity contribution >= 4 is 0 Å². The van der Waals surface area contributed by atoms with E-state index in [4.69, 9.17) is 4.74 Å². The first-order chi connectivity index (χ1) is 8.02. The van der Waals surface area contributed by atoms with Crippen molar-refractivity contribution in [1.29, 1.82) is 0 Å². The molecule has 1 aliphatic heterocycles. The Morgan fingerprint density at radius 1 is 1.41 bits per heavy atom. The van der Waals surface area contributed by atoms with Crippen LogP contribution in [0.3, 0.4) is 0 Å². The van der Waals surface area contributed by atoms with Crippen LogP contribution in [0.4, 0.5) is 0 Å². The molecule has 1 fully saturated rings. The highest BCUT2D eigenvalue weighted by molar-refractivity contribution is 4.88. The highest BCUT2D eigenvalue weighted by Crippen LogP contribution is 2.26. The van der Waals surface area contributed by atoms with Crippen LogP contribution in [0, 0.1) is 5.92 Å². The molecular formula is C14H30N2O. The first kappa shape index (κ1) is 14.9. The van der Waals surface area contributed by atoms with Crippen LogP contribution in [0.25, 0.3) is 0 Å². The molecule has 3 nitrogen and oxygen atoms in total. The molecule has 0 bridgehead atoms. The summed E-state index contributed by atoms with van der Waals surface area (Å²) in [6.07, 6.45) is 2.44. The van der Waals surface area contributed by atoms with Gasteiger partial charge in [0.15, 0.2) is 0 Å². The minimum atomic E-state index is 0.0599. The molecule has 1 aliphatic rings. The Morgan fingerprint density at radius 3 is 2.71 bits per heavy atom. The molecule has 1 heterocycles. The average Bonchev–Trinajstić information content (AvgIpc) is 2.35. The summed E-state index contributed by atoms with van der Waals surface area (Å²) in [4.78, 5) is 2.59.